The van der Waals surface area contributed by atoms with Crippen molar-refractivity contribution in [3.63, 3.8) is 0 Å². The van der Waals surface area contributed by atoms with E-state index in [1.807, 2.05) is 13.0 Å². The van der Waals surface area contributed by atoms with E-state index in [2.05, 4.69) is 35.7 Å². The van der Waals surface area contributed by atoms with Gasteiger partial charge in [0, 0.05) is 24.7 Å². The van der Waals surface area contributed by atoms with Gasteiger partial charge in [-0.1, -0.05) is 24.3 Å². The fraction of sp³-hybridized carbons (Fsp3) is 0.478. The molecule has 0 saturated carbocycles. The third-order valence-electron chi connectivity index (χ3n) is 7.52. The summed E-state index contributed by atoms with van der Waals surface area (Å²) in [6, 6.07) is 8.54. The first kappa shape index (κ1) is 18.4. The minimum Gasteiger partial charge on any atom is -0.466 e. The molecule has 0 amide bonds. The Labute approximate surface area is 170 Å². The molecule has 0 bridgehead atoms. The summed E-state index contributed by atoms with van der Waals surface area (Å²) in [4.78, 5) is 26.3. The maximum Gasteiger partial charge on any atom is 0.335 e. The second-order valence-corrected chi connectivity index (χ2v) is 8.73. The predicted octanol–water partition coefficient (Wildman–Crippen LogP) is 1.35. The Bertz CT molecular complexity index is 967. The van der Waals surface area contributed by atoms with E-state index in [0.29, 0.717) is 12.0 Å². The Hall–Kier alpha value is -2.60. The van der Waals surface area contributed by atoms with Crippen molar-refractivity contribution >= 4 is 17.6 Å². The van der Waals surface area contributed by atoms with Crippen LogP contribution in [0, 0.1) is 5.41 Å². The topological polar surface area (TPSA) is 69.1 Å². The Kier molecular flexibility index (Phi) is 3.94. The highest BCUT2D eigenvalue weighted by Crippen LogP contribution is 2.60. The van der Waals surface area contributed by atoms with Gasteiger partial charge >= 0.3 is 11.9 Å². The molecule has 6 nitrogen and oxygen atoms in total. The maximum atomic E-state index is 12.9. The van der Waals surface area contributed by atoms with Crippen LogP contribution in [0.25, 0.3) is 0 Å². The lowest BCUT2D eigenvalue weighted by Crippen LogP contribution is -3.17. The van der Waals surface area contributed by atoms with Crippen molar-refractivity contribution < 1.29 is 24.0 Å². The molecule has 1 aromatic carbocycles. The summed E-state index contributed by atoms with van der Waals surface area (Å²) in [7, 11) is 1.43. The molecule has 0 aromatic heterocycles. The second-order valence-electron chi connectivity index (χ2n) is 8.73. The SMILES string of the molecule is COC(=O)C1=C2Nc3ccccc3[C@@]23CC[NH+]2CC=C[C@@]([C@@H](C)OC(C)=O)(C1)[C@H]23. The number of ether oxygens (including phenoxy) is 2. The Morgan fingerprint density at radius 3 is 2.86 bits per heavy atom. The molecule has 1 saturated heterocycles. The highest BCUT2D eigenvalue weighted by atomic mass is 16.5. The van der Waals surface area contributed by atoms with Crippen LogP contribution in [-0.4, -0.2) is 44.3 Å². The van der Waals surface area contributed by atoms with Gasteiger partial charge in [-0.25, -0.2) is 4.79 Å². The third kappa shape index (κ3) is 2.26. The van der Waals surface area contributed by atoms with Gasteiger partial charge in [0.25, 0.3) is 0 Å². The molecule has 1 spiro atoms. The standard InChI is InChI=1S/C23H26N2O4/c1-14(29-15(2)26)22-9-6-11-25-12-10-23(21(22)25)17-7-4-5-8-18(17)24-19(23)16(13-22)20(27)28-3/h4-9,14,21,24H,10-13H2,1-3H3/p+1/t14-,21+,22+,23+/m1/s1. The fourth-order valence-corrected chi connectivity index (χ4v) is 6.57. The van der Waals surface area contributed by atoms with E-state index >= 15 is 0 Å². The molecule has 6 heteroatoms. The fourth-order valence-electron chi connectivity index (χ4n) is 6.57. The van der Waals surface area contributed by atoms with Crippen LogP contribution >= 0.6 is 0 Å². The zero-order valence-corrected chi connectivity index (χ0v) is 17.1. The van der Waals surface area contributed by atoms with Crippen molar-refractivity contribution in [2.24, 2.45) is 5.41 Å². The Balaban J connectivity index is 1.79. The average molecular weight is 395 g/mol. The summed E-state index contributed by atoms with van der Waals surface area (Å²) < 4.78 is 11.0. The molecule has 3 heterocycles. The lowest BCUT2D eigenvalue weighted by molar-refractivity contribution is -0.918. The third-order valence-corrected chi connectivity index (χ3v) is 7.52. The molecular weight excluding hydrogens is 368 g/mol. The van der Waals surface area contributed by atoms with Gasteiger partial charge in [0.15, 0.2) is 0 Å². The highest BCUT2D eigenvalue weighted by Gasteiger charge is 2.70. The first-order valence-corrected chi connectivity index (χ1v) is 10.3. The number of para-hydroxylation sites is 1. The van der Waals surface area contributed by atoms with Crippen LogP contribution in [0.2, 0.25) is 0 Å². The summed E-state index contributed by atoms with van der Waals surface area (Å²) in [5.41, 5.74) is 3.22. The smallest absolute Gasteiger partial charge is 0.335 e. The number of hydrogen-bond acceptors (Lipinski definition) is 5. The van der Waals surface area contributed by atoms with Gasteiger partial charge in [-0.15, -0.1) is 0 Å². The number of methoxy groups -OCH3 is 1. The highest BCUT2D eigenvalue weighted by molar-refractivity contribution is 5.93. The second kappa shape index (κ2) is 6.20. The van der Waals surface area contributed by atoms with Crippen LogP contribution in [0.15, 0.2) is 47.7 Å². The van der Waals surface area contributed by atoms with Crippen LogP contribution in [0.5, 0.6) is 0 Å². The molecule has 1 aromatic rings. The summed E-state index contributed by atoms with van der Waals surface area (Å²) in [6.45, 7) is 5.38. The number of benzene rings is 1. The Morgan fingerprint density at radius 2 is 2.10 bits per heavy atom. The van der Waals surface area contributed by atoms with Crippen molar-refractivity contribution in [3.05, 3.63) is 53.3 Å². The van der Waals surface area contributed by atoms with Crippen molar-refractivity contribution in [2.75, 3.05) is 25.5 Å². The van der Waals surface area contributed by atoms with E-state index in [0.717, 1.165) is 30.9 Å². The first-order valence-electron chi connectivity index (χ1n) is 10.3. The van der Waals surface area contributed by atoms with E-state index in [-0.39, 0.29) is 29.5 Å². The number of carbonyl (C=O) groups excluding carboxylic acids is 2. The van der Waals surface area contributed by atoms with Crippen LogP contribution in [0.1, 0.15) is 32.3 Å². The quantitative estimate of drug-likeness (QED) is 0.597. The number of quaternary nitrogens is 1. The Morgan fingerprint density at radius 1 is 1.31 bits per heavy atom. The number of carbonyl (C=O) groups is 2. The zero-order chi connectivity index (χ0) is 20.4. The molecule has 152 valence electrons. The van der Waals surface area contributed by atoms with Gasteiger partial charge in [0.1, 0.15) is 12.1 Å². The number of anilines is 1. The molecule has 2 N–H and O–H groups in total. The largest absolute Gasteiger partial charge is 0.466 e. The van der Waals surface area contributed by atoms with Gasteiger partial charge in [0.2, 0.25) is 0 Å². The molecule has 1 fully saturated rings. The minimum atomic E-state index is -0.456. The minimum absolute atomic E-state index is 0.189. The predicted molar refractivity (Wildman–Crippen MR) is 107 cm³/mol. The molecule has 5 rings (SSSR count). The van der Waals surface area contributed by atoms with Crippen molar-refractivity contribution in [1.29, 1.82) is 0 Å². The first-order chi connectivity index (χ1) is 13.9. The van der Waals surface area contributed by atoms with Gasteiger partial charge in [0.05, 0.1) is 36.6 Å². The van der Waals surface area contributed by atoms with E-state index < -0.39 is 5.41 Å². The van der Waals surface area contributed by atoms with Crippen molar-refractivity contribution in [1.82, 2.24) is 0 Å². The number of rotatable bonds is 3. The van der Waals surface area contributed by atoms with Crippen LogP contribution in [0.3, 0.4) is 0 Å². The normalized spacial score (nSPS) is 34.6. The summed E-state index contributed by atoms with van der Waals surface area (Å²) in [5, 5.41) is 3.58. The molecule has 4 aliphatic rings. The summed E-state index contributed by atoms with van der Waals surface area (Å²) in [6.07, 6.45) is 5.50. The lowest BCUT2D eigenvalue weighted by atomic mass is 9.54. The van der Waals surface area contributed by atoms with Gasteiger partial charge in [-0.2, -0.15) is 0 Å². The van der Waals surface area contributed by atoms with E-state index in [4.69, 9.17) is 9.47 Å². The monoisotopic (exact) mass is 395 g/mol. The van der Waals surface area contributed by atoms with Crippen molar-refractivity contribution in [3.8, 4) is 0 Å². The molecule has 1 aliphatic carbocycles. The molecule has 5 atom stereocenters. The van der Waals surface area contributed by atoms with Crippen LogP contribution < -0.4 is 10.2 Å². The van der Waals surface area contributed by atoms with Crippen LogP contribution in [-0.2, 0) is 24.5 Å². The van der Waals surface area contributed by atoms with Gasteiger partial charge in [-0.05, 0) is 31.1 Å². The molecule has 29 heavy (non-hydrogen) atoms. The average Bonchev–Trinajstić information content (AvgIpc) is 3.27. The van der Waals surface area contributed by atoms with E-state index in [1.165, 1.54) is 24.5 Å². The molecule has 3 aliphatic heterocycles. The molecule has 1 unspecified atom stereocenters. The summed E-state index contributed by atoms with van der Waals surface area (Å²) >= 11 is 0. The maximum absolute atomic E-state index is 12.9. The zero-order valence-electron chi connectivity index (χ0n) is 17.1. The van der Waals surface area contributed by atoms with Crippen molar-refractivity contribution in [2.45, 2.75) is 44.2 Å². The number of esters is 2. The lowest BCUT2D eigenvalue weighted by Gasteiger charge is -2.52. The molecule has 0 radical (unpaired) electrons. The van der Waals surface area contributed by atoms with Gasteiger partial charge < -0.3 is 19.7 Å². The molecular formula is C23H27N2O4+. The summed E-state index contributed by atoms with van der Waals surface area (Å²) in [5.74, 6) is -0.598. The van der Waals surface area contributed by atoms with E-state index in [1.54, 1.807) is 0 Å². The number of nitrogens with one attached hydrogen (secondary N) is 2. The number of fused-ring (bicyclic) bond motifs is 1. The van der Waals surface area contributed by atoms with Crippen LogP contribution in [0.4, 0.5) is 5.69 Å². The van der Waals surface area contributed by atoms with Gasteiger partial charge in [-0.3, -0.25) is 4.79 Å². The van der Waals surface area contributed by atoms with E-state index in [9.17, 15) is 9.59 Å². The number of hydrogen-bond donors (Lipinski definition) is 2.